The second-order valence-corrected chi connectivity index (χ2v) is 11.8. The van der Waals surface area contributed by atoms with Crippen molar-refractivity contribution in [2.75, 3.05) is 18.0 Å². The number of aromatic nitrogens is 5. The number of fused-ring (bicyclic) bond motifs is 1. The SMILES string of the molecule is CCC(CC)CN(CC1CCCCC1)c1ccc2nn([C@H](C)[C@](O)(Cn3cncn3)c3ccc(F)cc3F)cc2c1. The van der Waals surface area contributed by atoms with E-state index in [1.54, 1.807) is 11.6 Å². The van der Waals surface area contributed by atoms with Gasteiger partial charge in [-0.2, -0.15) is 10.2 Å². The van der Waals surface area contributed by atoms with E-state index < -0.39 is 23.3 Å². The molecule has 0 bridgehead atoms. The van der Waals surface area contributed by atoms with Gasteiger partial charge in [-0.1, -0.05) is 52.0 Å². The Bertz CT molecular complexity index is 1410. The number of hydrogen-bond acceptors (Lipinski definition) is 5. The first-order valence-electron chi connectivity index (χ1n) is 15.0. The van der Waals surface area contributed by atoms with Gasteiger partial charge in [0.1, 0.15) is 29.9 Å². The Balaban J connectivity index is 1.48. The molecule has 7 nitrogen and oxygen atoms in total. The average molecular weight is 565 g/mol. The number of anilines is 1. The summed E-state index contributed by atoms with van der Waals surface area (Å²) in [7, 11) is 0. The minimum Gasteiger partial charge on any atom is -0.381 e. The van der Waals surface area contributed by atoms with Crippen molar-refractivity contribution >= 4 is 16.6 Å². The third-order valence-electron chi connectivity index (χ3n) is 9.06. The number of aliphatic hydroxyl groups is 1. The van der Waals surface area contributed by atoms with Crippen molar-refractivity contribution in [1.29, 1.82) is 0 Å². The molecular weight excluding hydrogens is 522 g/mol. The van der Waals surface area contributed by atoms with Crippen molar-refractivity contribution in [3.05, 3.63) is 72.4 Å². The summed E-state index contributed by atoms with van der Waals surface area (Å²) in [5, 5.41) is 21.9. The van der Waals surface area contributed by atoms with E-state index in [1.165, 1.54) is 61.2 Å². The van der Waals surface area contributed by atoms with Gasteiger partial charge < -0.3 is 10.0 Å². The van der Waals surface area contributed by atoms with Gasteiger partial charge >= 0.3 is 0 Å². The molecule has 5 rings (SSSR count). The van der Waals surface area contributed by atoms with Gasteiger partial charge in [0.2, 0.25) is 0 Å². The number of nitrogens with zero attached hydrogens (tertiary/aromatic N) is 6. The quantitative estimate of drug-likeness (QED) is 0.203. The van der Waals surface area contributed by atoms with Crippen LogP contribution in [-0.2, 0) is 12.1 Å². The van der Waals surface area contributed by atoms with Crippen LogP contribution in [0.4, 0.5) is 14.5 Å². The van der Waals surface area contributed by atoms with Crippen LogP contribution < -0.4 is 4.90 Å². The lowest BCUT2D eigenvalue weighted by atomic mass is 9.86. The Hall–Kier alpha value is -3.33. The van der Waals surface area contributed by atoms with Gasteiger partial charge in [0.25, 0.3) is 0 Å². The highest BCUT2D eigenvalue weighted by Gasteiger charge is 2.41. The van der Waals surface area contributed by atoms with E-state index in [4.69, 9.17) is 5.10 Å². The normalized spacial score (nSPS) is 16.8. The van der Waals surface area contributed by atoms with Gasteiger partial charge in [-0.25, -0.2) is 18.4 Å². The molecule has 4 aromatic rings. The number of rotatable bonds is 12. The van der Waals surface area contributed by atoms with E-state index in [2.05, 4.69) is 41.0 Å². The van der Waals surface area contributed by atoms with Gasteiger partial charge in [0, 0.05) is 42.0 Å². The summed E-state index contributed by atoms with van der Waals surface area (Å²) in [4.78, 5) is 6.52. The number of halogens is 2. The minimum absolute atomic E-state index is 0.0222. The van der Waals surface area contributed by atoms with Crippen molar-refractivity contribution in [1.82, 2.24) is 24.5 Å². The molecule has 0 unspecified atom stereocenters. The molecule has 2 aromatic carbocycles. The topological polar surface area (TPSA) is 72.0 Å². The highest BCUT2D eigenvalue weighted by atomic mass is 19.1. The van der Waals surface area contributed by atoms with Crippen LogP contribution in [0.15, 0.2) is 55.2 Å². The Morgan fingerprint density at radius 3 is 2.54 bits per heavy atom. The van der Waals surface area contributed by atoms with E-state index >= 15 is 4.39 Å². The largest absolute Gasteiger partial charge is 0.381 e. The van der Waals surface area contributed by atoms with Crippen LogP contribution in [0.5, 0.6) is 0 Å². The van der Waals surface area contributed by atoms with Crippen molar-refractivity contribution in [2.24, 2.45) is 11.8 Å². The summed E-state index contributed by atoms with van der Waals surface area (Å²) < 4.78 is 32.0. The van der Waals surface area contributed by atoms with Crippen LogP contribution in [0.25, 0.3) is 10.9 Å². The fourth-order valence-electron chi connectivity index (χ4n) is 6.32. The summed E-state index contributed by atoms with van der Waals surface area (Å²) >= 11 is 0. The van der Waals surface area contributed by atoms with Crippen LogP contribution in [-0.4, -0.2) is 42.7 Å². The van der Waals surface area contributed by atoms with Crippen LogP contribution in [0.3, 0.4) is 0 Å². The van der Waals surface area contributed by atoms with Crippen LogP contribution in [0.2, 0.25) is 0 Å². The van der Waals surface area contributed by atoms with Crippen LogP contribution in [0.1, 0.15) is 77.3 Å². The molecule has 9 heteroatoms. The molecule has 41 heavy (non-hydrogen) atoms. The zero-order valence-corrected chi connectivity index (χ0v) is 24.4. The van der Waals surface area contributed by atoms with E-state index in [1.807, 2.05) is 12.3 Å². The molecule has 0 radical (unpaired) electrons. The van der Waals surface area contributed by atoms with Crippen LogP contribution in [0, 0.1) is 23.5 Å². The van der Waals surface area contributed by atoms with E-state index in [-0.39, 0.29) is 12.1 Å². The second-order valence-electron chi connectivity index (χ2n) is 11.8. The van der Waals surface area contributed by atoms with Gasteiger partial charge in [-0.15, -0.1) is 0 Å². The van der Waals surface area contributed by atoms with Crippen LogP contribution >= 0.6 is 0 Å². The lowest BCUT2D eigenvalue weighted by Crippen LogP contribution is -2.40. The Morgan fingerprint density at radius 2 is 1.85 bits per heavy atom. The maximum atomic E-state index is 15.1. The summed E-state index contributed by atoms with van der Waals surface area (Å²) in [5.74, 6) is -0.174. The maximum Gasteiger partial charge on any atom is 0.137 e. The van der Waals surface area contributed by atoms with E-state index in [0.717, 1.165) is 49.0 Å². The van der Waals surface area contributed by atoms with Gasteiger partial charge in [0.05, 0.1) is 18.1 Å². The third kappa shape index (κ3) is 6.45. The zero-order valence-electron chi connectivity index (χ0n) is 24.4. The van der Waals surface area contributed by atoms with Crippen molar-refractivity contribution in [2.45, 2.75) is 83.9 Å². The van der Waals surface area contributed by atoms with Crippen molar-refractivity contribution < 1.29 is 13.9 Å². The summed E-state index contributed by atoms with van der Waals surface area (Å²) in [6, 6.07) is 8.91. The van der Waals surface area contributed by atoms with Gasteiger partial charge in [0.15, 0.2) is 0 Å². The van der Waals surface area contributed by atoms with Crippen molar-refractivity contribution in [3.8, 4) is 0 Å². The molecule has 0 spiro atoms. The fourth-order valence-corrected chi connectivity index (χ4v) is 6.32. The molecule has 0 saturated heterocycles. The Morgan fingerprint density at radius 1 is 1.07 bits per heavy atom. The standard InChI is InChI=1S/C32H42F2N6O/c1-4-24(5-2)17-38(18-25-9-7-6-8-10-25)28-12-14-31-26(15-28)19-40(37-31)23(3)32(41,20-39-22-35-21-36-39)29-13-11-27(33)16-30(29)34/h11-16,19,21-25,41H,4-10,17-18,20H2,1-3H3/t23-,32-/m1/s1. The molecule has 0 aliphatic heterocycles. The second kappa shape index (κ2) is 12.7. The first-order chi connectivity index (χ1) is 19.8. The molecule has 1 fully saturated rings. The Kier molecular flexibility index (Phi) is 9.02. The van der Waals surface area contributed by atoms with Gasteiger partial charge in [-0.3, -0.25) is 4.68 Å². The molecular formula is C32H42F2N6O. The summed E-state index contributed by atoms with van der Waals surface area (Å²) in [6.07, 6.45) is 13.6. The molecule has 1 aliphatic rings. The predicted octanol–water partition coefficient (Wildman–Crippen LogP) is 6.88. The van der Waals surface area contributed by atoms with Crippen molar-refractivity contribution in [3.63, 3.8) is 0 Å². The molecule has 0 amide bonds. The predicted molar refractivity (Wildman–Crippen MR) is 158 cm³/mol. The van der Waals surface area contributed by atoms with E-state index in [0.29, 0.717) is 11.8 Å². The number of hydrogen-bond donors (Lipinski definition) is 1. The number of benzene rings is 2. The minimum atomic E-state index is -1.78. The highest BCUT2D eigenvalue weighted by molar-refractivity contribution is 5.82. The molecule has 1 saturated carbocycles. The molecule has 1 N–H and O–H groups in total. The molecule has 2 aromatic heterocycles. The summed E-state index contributed by atoms with van der Waals surface area (Å²) in [5.41, 5.74) is 0.179. The molecule has 1 aliphatic carbocycles. The average Bonchev–Trinajstić information content (AvgIpc) is 3.64. The summed E-state index contributed by atoms with van der Waals surface area (Å²) in [6.45, 7) is 8.34. The molecule has 2 atom stereocenters. The maximum absolute atomic E-state index is 15.1. The third-order valence-corrected chi connectivity index (χ3v) is 9.06. The highest BCUT2D eigenvalue weighted by Crippen LogP contribution is 2.37. The smallest absolute Gasteiger partial charge is 0.137 e. The lowest BCUT2D eigenvalue weighted by Gasteiger charge is -2.34. The van der Waals surface area contributed by atoms with E-state index in [9.17, 15) is 9.50 Å². The zero-order chi connectivity index (χ0) is 29.0. The molecule has 220 valence electrons. The van der Waals surface area contributed by atoms with Gasteiger partial charge in [-0.05, 0) is 55.9 Å². The molecule has 2 heterocycles. The fraction of sp³-hybridized carbons (Fsp3) is 0.531. The Labute approximate surface area is 241 Å². The first kappa shape index (κ1) is 29.2. The monoisotopic (exact) mass is 564 g/mol. The first-order valence-corrected chi connectivity index (χ1v) is 15.0. The lowest BCUT2D eigenvalue weighted by molar-refractivity contribution is -0.0366.